The fraction of sp³-hybridized carbons (Fsp3) is 0.300. The fourth-order valence-corrected chi connectivity index (χ4v) is 26.4. The van der Waals surface area contributed by atoms with Gasteiger partial charge in [0.15, 0.2) is 0 Å². The van der Waals surface area contributed by atoms with E-state index in [2.05, 4.69) is 64.1 Å². The van der Waals surface area contributed by atoms with Gasteiger partial charge in [0, 0.05) is 0 Å². The molecule has 0 amide bonds. The van der Waals surface area contributed by atoms with Gasteiger partial charge in [0.1, 0.15) is 0 Å². The van der Waals surface area contributed by atoms with Crippen molar-refractivity contribution in [2.75, 3.05) is 0 Å². The van der Waals surface area contributed by atoms with Gasteiger partial charge in [-0.05, 0) is 0 Å². The summed E-state index contributed by atoms with van der Waals surface area (Å²) in [5.74, 6) is 0.626. The summed E-state index contributed by atoms with van der Waals surface area (Å²) in [7, 11) is 0. The normalized spacial score (nSPS) is 18.4. The summed E-state index contributed by atoms with van der Waals surface area (Å²) in [6, 6.07) is 23.6. The zero-order chi connectivity index (χ0) is 33.5. The first kappa shape index (κ1) is 37.7. The first-order valence-corrected chi connectivity index (χ1v) is 22.6. The topological polar surface area (TPSA) is 0 Å². The Morgan fingerprint density at radius 1 is 0.531 bits per heavy atom. The summed E-state index contributed by atoms with van der Waals surface area (Å²) in [5.41, 5.74) is 9.96. The van der Waals surface area contributed by atoms with E-state index < -0.39 is 43.7 Å². The predicted molar refractivity (Wildman–Crippen MR) is 174 cm³/mol. The van der Waals surface area contributed by atoms with Crippen LogP contribution in [0.1, 0.15) is 68.3 Å². The first-order chi connectivity index (χ1) is 22.2. The maximum atomic E-state index is 13.3. The Hall–Kier alpha value is -2.60. The van der Waals surface area contributed by atoms with Gasteiger partial charge in [0.2, 0.25) is 0 Å². The van der Waals surface area contributed by atoms with Crippen molar-refractivity contribution >= 4 is 12.2 Å². The maximum absolute atomic E-state index is 13.3. The minimum Gasteiger partial charge on any atom is -1.00 e. The minimum atomic E-state index is -4.38. The van der Waals surface area contributed by atoms with Gasteiger partial charge in [-0.25, -0.2) is 0 Å². The van der Waals surface area contributed by atoms with E-state index in [0.29, 0.717) is 19.1 Å². The molecule has 4 aromatic rings. The summed E-state index contributed by atoms with van der Waals surface area (Å²) >= 11 is -3.12. The van der Waals surface area contributed by atoms with Gasteiger partial charge >= 0.3 is 278 Å². The van der Waals surface area contributed by atoms with Crippen molar-refractivity contribution in [2.24, 2.45) is 11.8 Å². The Morgan fingerprint density at radius 3 is 1.16 bits per heavy atom. The summed E-state index contributed by atoms with van der Waals surface area (Å²) in [5, 5.41) is 0. The van der Waals surface area contributed by atoms with Crippen LogP contribution in [0.3, 0.4) is 0 Å². The number of allylic oxidation sites excluding steroid dienone is 2. The molecular formula is C40H36Cl2F6Zr. The Bertz CT molecular complexity index is 1780. The molecule has 0 bridgehead atoms. The standard InChI is InChI=1S/2C19H16F3.C2H4.2ClH.Zr/c2*1-12(2)15-10-14-4-3-5-17(18(14)11-15)13-6-8-16(9-7-13)19(20,21)22;1-2;;;/h2*3-12H,1-2H3;1-2H2;2*1H;/q;;;;;+2/p-2. The van der Waals surface area contributed by atoms with Crippen LogP contribution in [0.15, 0.2) is 96.1 Å². The van der Waals surface area contributed by atoms with Crippen molar-refractivity contribution in [1.82, 2.24) is 0 Å². The van der Waals surface area contributed by atoms with Crippen LogP contribution in [-0.4, -0.2) is 0 Å². The van der Waals surface area contributed by atoms with Crippen molar-refractivity contribution in [1.29, 1.82) is 0 Å². The van der Waals surface area contributed by atoms with E-state index >= 15 is 0 Å². The van der Waals surface area contributed by atoms with Crippen LogP contribution in [0.25, 0.3) is 34.4 Å². The van der Waals surface area contributed by atoms with Crippen LogP contribution in [-0.2, 0) is 32.6 Å². The number of rotatable bonds is 6. The molecular weight excluding hydrogens is 757 g/mol. The predicted octanol–water partition coefficient (Wildman–Crippen LogP) is 6.96. The molecule has 9 heteroatoms. The molecule has 2 aliphatic carbocycles. The largest absolute Gasteiger partial charge is 1.00 e. The summed E-state index contributed by atoms with van der Waals surface area (Å²) in [6.07, 6.45) is -4.10. The summed E-state index contributed by atoms with van der Waals surface area (Å²) in [4.78, 5) is 0. The average molecular weight is 793 g/mol. The Balaban J connectivity index is 0.00000234. The zero-order valence-corrected chi connectivity index (χ0v) is 31.5. The van der Waals surface area contributed by atoms with Crippen LogP contribution in [0, 0.1) is 11.8 Å². The second-order valence-electron chi connectivity index (χ2n) is 14.0. The van der Waals surface area contributed by atoms with E-state index in [9.17, 15) is 26.3 Å². The van der Waals surface area contributed by atoms with Gasteiger partial charge in [-0.15, -0.1) is 0 Å². The third-order valence-electron chi connectivity index (χ3n) is 10.5. The molecule has 1 saturated heterocycles. The smallest absolute Gasteiger partial charge is 1.00 e. The van der Waals surface area contributed by atoms with Gasteiger partial charge in [-0.3, -0.25) is 0 Å². The molecule has 2 atom stereocenters. The minimum absolute atomic E-state index is 0. The molecule has 0 nitrogen and oxygen atoms in total. The third kappa shape index (κ3) is 6.54. The van der Waals surface area contributed by atoms with E-state index in [1.807, 2.05) is 12.1 Å². The van der Waals surface area contributed by atoms with Crippen molar-refractivity contribution in [3.63, 3.8) is 0 Å². The molecule has 49 heavy (non-hydrogen) atoms. The van der Waals surface area contributed by atoms with Crippen LogP contribution in [0.2, 0.25) is 8.26 Å². The van der Waals surface area contributed by atoms with Crippen molar-refractivity contribution in [3.8, 4) is 22.3 Å². The molecule has 0 aromatic heterocycles. The molecule has 4 aromatic carbocycles. The van der Waals surface area contributed by atoms with Gasteiger partial charge in [0.05, 0.1) is 0 Å². The van der Waals surface area contributed by atoms with E-state index in [-0.39, 0.29) is 24.8 Å². The molecule has 0 radical (unpaired) electrons. The van der Waals surface area contributed by atoms with Gasteiger partial charge < -0.3 is 24.8 Å². The van der Waals surface area contributed by atoms with Crippen molar-refractivity contribution in [3.05, 3.63) is 129 Å². The van der Waals surface area contributed by atoms with Gasteiger partial charge in [0.25, 0.3) is 0 Å². The Kier molecular flexibility index (Phi) is 10.4. The van der Waals surface area contributed by atoms with Crippen LogP contribution < -0.4 is 24.8 Å². The van der Waals surface area contributed by atoms with Crippen molar-refractivity contribution in [2.45, 2.75) is 55.6 Å². The molecule has 2 unspecified atom stereocenters. The second kappa shape index (κ2) is 13.5. The van der Waals surface area contributed by atoms with E-state index in [4.69, 9.17) is 0 Å². The first-order valence-electron chi connectivity index (χ1n) is 16.2. The molecule has 256 valence electrons. The van der Waals surface area contributed by atoms with Crippen LogP contribution in [0.5, 0.6) is 0 Å². The number of benzene rings is 4. The fourth-order valence-electron chi connectivity index (χ4n) is 8.20. The number of hydrogen-bond donors (Lipinski definition) is 0. The number of hydrogen-bond acceptors (Lipinski definition) is 0. The molecule has 7 rings (SSSR count). The second-order valence-corrected chi connectivity index (χ2v) is 25.3. The number of halogens is 8. The Morgan fingerprint density at radius 2 is 0.878 bits per heavy atom. The quantitative estimate of drug-likeness (QED) is 0.186. The molecule has 0 spiro atoms. The molecule has 1 heterocycles. The molecule has 1 fully saturated rings. The SMILES string of the molecule is CC(C)C1=Cc2c(-c3ccc(C(F)(F)F)cc3)cccc2[CH]1[Zr+2]1([CH]2C(C(C)C)=Cc3c(-c4ccc(C(F)(F)F)cc4)cccc32)[CH2][CH2]1.[Cl-].[Cl-]. The van der Waals surface area contributed by atoms with Crippen molar-refractivity contribution < 1.29 is 71.4 Å². The molecule has 1 aliphatic heterocycles. The summed E-state index contributed by atoms with van der Waals surface area (Å²) in [6.45, 7) is 8.98. The van der Waals surface area contributed by atoms with E-state index in [1.54, 1.807) is 24.3 Å². The van der Waals surface area contributed by atoms with Gasteiger partial charge in [-0.2, -0.15) is 0 Å². The molecule has 3 aliphatic rings. The number of fused-ring (bicyclic) bond motifs is 2. The van der Waals surface area contributed by atoms with Gasteiger partial charge in [-0.1, -0.05) is 0 Å². The molecule has 0 saturated carbocycles. The third-order valence-corrected chi connectivity index (χ3v) is 23.4. The van der Waals surface area contributed by atoms with Crippen LogP contribution in [0.4, 0.5) is 26.3 Å². The zero-order valence-electron chi connectivity index (χ0n) is 27.5. The number of alkyl halides is 6. The molecule has 0 N–H and O–H groups in total. The summed E-state index contributed by atoms with van der Waals surface area (Å²) < 4.78 is 83.3. The van der Waals surface area contributed by atoms with Crippen LogP contribution >= 0.6 is 0 Å². The monoisotopic (exact) mass is 790 g/mol. The van der Waals surface area contributed by atoms with E-state index in [1.165, 1.54) is 54.8 Å². The average Bonchev–Trinajstić information content (AvgIpc) is 3.53. The Labute approximate surface area is 300 Å². The van der Waals surface area contributed by atoms with E-state index in [0.717, 1.165) is 33.4 Å². The maximum Gasteiger partial charge on any atom is -1.00 e.